The molecule has 140 valence electrons. The number of carbonyl (C=O) groups excluding carboxylic acids is 1. The smallest absolute Gasteiger partial charge is 0.233 e. The summed E-state index contributed by atoms with van der Waals surface area (Å²) in [6.07, 6.45) is 0. The first-order valence-electron chi connectivity index (χ1n) is 9.27. The lowest BCUT2D eigenvalue weighted by Gasteiger charge is -2.36. The van der Waals surface area contributed by atoms with Crippen molar-refractivity contribution in [1.82, 2.24) is 14.9 Å². The maximum absolute atomic E-state index is 12.6. The lowest BCUT2D eigenvalue weighted by molar-refractivity contribution is -0.128. The molecule has 0 spiro atoms. The van der Waals surface area contributed by atoms with Crippen LogP contribution >= 0.6 is 11.8 Å². The van der Waals surface area contributed by atoms with Crippen LogP contribution in [0.5, 0.6) is 0 Å². The van der Waals surface area contributed by atoms with E-state index in [1.165, 1.54) is 28.6 Å². The van der Waals surface area contributed by atoms with E-state index in [0.717, 1.165) is 42.4 Å². The molecule has 4 rings (SSSR count). The zero-order valence-corrected chi connectivity index (χ0v) is 16.6. The van der Waals surface area contributed by atoms with Crippen LogP contribution in [0.1, 0.15) is 11.1 Å². The Kier molecular flexibility index (Phi) is 5.07. The van der Waals surface area contributed by atoms with Crippen molar-refractivity contribution in [3.8, 4) is 0 Å². The molecule has 27 heavy (non-hydrogen) atoms. The van der Waals surface area contributed by atoms with Crippen LogP contribution in [0, 0.1) is 13.8 Å². The Bertz CT molecular complexity index is 960. The van der Waals surface area contributed by atoms with Gasteiger partial charge in [-0.25, -0.2) is 4.98 Å². The number of benzene rings is 2. The molecule has 0 unspecified atom stereocenters. The van der Waals surface area contributed by atoms with E-state index in [4.69, 9.17) is 0 Å². The zero-order valence-electron chi connectivity index (χ0n) is 15.7. The van der Waals surface area contributed by atoms with Crippen LogP contribution in [0.2, 0.25) is 0 Å². The van der Waals surface area contributed by atoms with Gasteiger partial charge in [-0.15, -0.1) is 0 Å². The fraction of sp³-hybridized carbons (Fsp3) is 0.333. The highest BCUT2D eigenvalue weighted by Crippen LogP contribution is 2.22. The second-order valence-electron chi connectivity index (χ2n) is 7.06. The number of nitrogens with one attached hydrogen (secondary N) is 1. The van der Waals surface area contributed by atoms with Gasteiger partial charge in [-0.2, -0.15) is 0 Å². The lowest BCUT2D eigenvalue weighted by Crippen LogP contribution is -2.49. The van der Waals surface area contributed by atoms with Crippen LogP contribution in [0.4, 0.5) is 5.69 Å². The molecule has 1 N–H and O–H groups in total. The molecule has 1 saturated heterocycles. The Morgan fingerprint density at radius 3 is 2.63 bits per heavy atom. The minimum Gasteiger partial charge on any atom is -0.368 e. The van der Waals surface area contributed by atoms with Gasteiger partial charge in [0.15, 0.2) is 5.16 Å². The third kappa shape index (κ3) is 4.11. The van der Waals surface area contributed by atoms with Crippen molar-refractivity contribution in [2.24, 2.45) is 0 Å². The highest BCUT2D eigenvalue weighted by Gasteiger charge is 2.21. The molecule has 0 aliphatic carbocycles. The van der Waals surface area contributed by atoms with Crippen molar-refractivity contribution in [3.63, 3.8) is 0 Å². The number of hydrogen-bond donors (Lipinski definition) is 1. The van der Waals surface area contributed by atoms with Crippen molar-refractivity contribution in [2.75, 3.05) is 36.8 Å². The average Bonchev–Trinajstić information content (AvgIpc) is 3.08. The van der Waals surface area contributed by atoms with Crippen molar-refractivity contribution in [3.05, 3.63) is 53.6 Å². The Balaban J connectivity index is 1.31. The maximum Gasteiger partial charge on any atom is 0.233 e. The number of amides is 1. The number of rotatable bonds is 4. The molecule has 5 nitrogen and oxygen atoms in total. The molecule has 1 aromatic heterocycles. The van der Waals surface area contributed by atoms with E-state index in [9.17, 15) is 4.79 Å². The molecule has 3 aromatic rings. The highest BCUT2D eigenvalue weighted by molar-refractivity contribution is 7.99. The molecular formula is C21H24N4OS. The summed E-state index contributed by atoms with van der Waals surface area (Å²) in [5.41, 5.74) is 5.68. The number of H-pyrrole nitrogens is 1. The molecule has 0 radical (unpaired) electrons. The largest absolute Gasteiger partial charge is 0.368 e. The number of hydrogen-bond acceptors (Lipinski definition) is 4. The first-order chi connectivity index (χ1) is 13.1. The van der Waals surface area contributed by atoms with Gasteiger partial charge in [-0.3, -0.25) is 4.79 Å². The summed E-state index contributed by atoms with van der Waals surface area (Å²) in [5.74, 6) is 0.601. The minimum absolute atomic E-state index is 0.181. The van der Waals surface area contributed by atoms with Gasteiger partial charge >= 0.3 is 0 Å². The van der Waals surface area contributed by atoms with Crippen molar-refractivity contribution >= 4 is 34.4 Å². The first kappa shape index (κ1) is 17.9. The van der Waals surface area contributed by atoms with Gasteiger partial charge in [0.2, 0.25) is 5.91 Å². The van der Waals surface area contributed by atoms with E-state index in [0.29, 0.717) is 5.75 Å². The molecule has 1 aliphatic heterocycles. The minimum atomic E-state index is 0.181. The van der Waals surface area contributed by atoms with Crippen molar-refractivity contribution in [1.29, 1.82) is 0 Å². The Morgan fingerprint density at radius 2 is 1.85 bits per heavy atom. The van der Waals surface area contributed by atoms with E-state index in [2.05, 4.69) is 65.1 Å². The van der Waals surface area contributed by atoms with Crippen LogP contribution in [-0.4, -0.2) is 52.7 Å². The number of nitrogens with zero attached hydrogens (tertiary/aromatic N) is 3. The number of aromatic amines is 1. The standard InChI is InChI=1S/C21H24N4OS/c1-15-4-3-5-17(12-15)24-8-10-25(11-9-24)20(26)14-27-21-22-18-7-6-16(2)13-19(18)23-21/h3-7,12-13H,8-11,14H2,1-2H3,(H,22,23). The number of thioether (sulfide) groups is 1. The normalized spacial score (nSPS) is 14.7. The molecule has 1 fully saturated rings. The average molecular weight is 381 g/mol. The quantitative estimate of drug-likeness (QED) is 0.703. The fourth-order valence-electron chi connectivity index (χ4n) is 3.43. The van der Waals surface area contributed by atoms with Gasteiger partial charge in [0.1, 0.15) is 0 Å². The number of fused-ring (bicyclic) bond motifs is 1. The molecule has 2 aromatic carbocycles. The van der Waals surface area contributed by atoms with E-state index >= 15 is 0 Å². The topological polar surface area (TPSA) is 52.2 Å². The number of carbonyl (C=O) groups is 1. The van der Waals surface area contributed by atoms with Gasteiger partial charge in [-0.1, -0.05) is 30.0 Å². The molecule has 1 aliphatic rings. The van der Waals surface area contributed by atoms with Crippen LogP contribution in [0.3, 0.4) is 0 Å². The summed E-state index contributed by atoms with van der Waals surface area (Å²) in [4.78, 5) is 24.8. The van der Waals surface area contributed by atoms with E-state index < -0.39 is 0 Å². The van der Waals surface area contributed by atoms with Gasteiger partial charge < -0.3 is 14.8 Å². The van der Waals surface area contributed by atoms with Crippen molar-refractivity contribution in [2.45, 2.75) is 19.0 Å². The summed E-state index contributed by atoms with van der Waals surface area (Å²) in [6.45, 7) is 7.47. The van der Waals surface area contributed by atoms with E-state index in [1.54, 1.807) is 0 Å². The summed E-state index contributed by atoms with van der Waals surface area (Å²) in [6, 6.07) is 14.7. The maximum atomic E-state index is 12.6. The van der Waals surface area contributed by atoms with Crippen LogP contribution in [0.25, 0.3) is 11.0 Å². The predicted octanol–water partition coefficient (Wildman–Crippen LogP) is 3.62. The van der Waals surface area contributed by atoms with Gasteiger partial charge in [0.25, 0.3) is 0 Å². The lowest BCUT2D eigenvalue weighted by atomic mass is 10.2. The molecule has 1 amide bonds. The number of anilines is 1. The molecule has 2 heterocycles. The molecule has 0 atom stereocenters. The summed E-state index contributed by atoms with van der Waals surface area (Å²) < 4.78 is 0. The first-order valence-corrected chi connectivity index (χ1v) is 10.3. The summed E-state index contributed by atoms with van der Waals surface area (Å²) >= 11 is 1.48. The predicted molar refractivity (Wildman–Crippen MR) is 112 cm³/mol. The Morgan fingerprint density at radius 1 is 1.07 bits per heavy atom. The number of aryl methyl sites for hydroxylation is 2. The second-order valence-corrected chi connectivity index (χ2v) is 8.02. The number of piperazine rings is 1. The van der Waals surface area contributed by atoms with E-state index in [1.807, 2.05) is 11.0 Å². The zero-order chi connectivity index (χ0) is 18.8. The highest BCUT2D eigenvalue weighted by atomic mass is 32.2. The Hall–Kier alpha value is -2.47. The molecule has 0 bridgehead atoms. The monoisotopic (exact) mass is 380 g/mol. The van der Waals surface area contributed by atoms with Crippen LogP contribution < -0.4 is 4.90 Å². The van der Waals surface area contributed by atoms with Gasteiger partial charge in [0.05, 0.1) is 16.8 Å². The molecular weight excluding hydrogens is 356 g/mol. The van der Waals surface area contributed by atoms with Crippen LogP contribution in [0.15, 0.2) is 47.6 Å². The third-order valence-corrected chi connectivity index (χ3v) is 5.81. The SMILES string of the molecule is Cc1cccc(N2CCN(C(=O)CSc3nc4ccc(C)cc4[nH]3)CC2)c1. The molecule has 6 heteroatoms. The summed E-state index contributed by atoms with van der Waals surface area (Å²) in [7, 11) is 0. The van der Waals surface area contributed by atoms with Gasteiger partial charge in [0, 0.05) is 31.9 Å². The van der Waals surface area contributed by atoms with Crippen LogP contribution in [-0.2, 0) is 4.79 Å². The number of imidazole rings is 1. The number of aromatic nitrogens is 2. The van der Waals surface area contributed by atoms with Crippen molar-refractivity contribution < 1.29 is 4.79 Å². The Labute approximate surface area is 163 Å². The van der Waals surface area contributed by atoms with E-state index in [-0.39, 0.29) is 5.91 Å². The molecule has 0 saturated carbocycles. The fourth-order valence-corrected chi connectivity index (χ4v) is 4.22. The van der Waals surface area contributed by atoms with Gasteiger partial charge in [-0.05, 0) is 49.2 Å². The second kappa shape index (κ2) is 7.64. The third-order valence-electron chi connectivity index (χ3n) is 4.95. The summed E-state index contributed by atoms with van der Waals surface area (Å²) in [5, 5.41) is 0.808.